The van der Waals surface area contributed by atoms with Crippen molar-refractivity contribution in [3.8, 4) is 0 Å². The maximum atomic E-state index is 12.2. The largest absolute Gasteiger partial charge is 0.550 e. The molecule has 1 amide bonds. The van der Waals surface area contributed by atoms with Crippen molar-refractivity contribution in [2.75, 3.05) is 13.1 Å². The summed E-state index contributed by atoms with van der Waals surface area (Å²) in [7, 11) is 0. The van der Waals surface area contributed by atoms with Crippen LogP contribution in [0, 0.1) is 5.92 Å². The van der Waals surface area contributed by atoms with Gasteiger partial charge in [0.2, 0.25) is 0 Å². The number of halogens is 2. The number of carbonyl (C=O) groups is 2. The number of nitrogens with zero attached hydrogens (tertiary/aromatic N) is 1. The first kappa shape index (κ1) is 17.9. The number of aliphatic carboxylic acids is 1. The Balaban J connectivity index is 2.27. The fourth-order valence-electron chi connectivity index (χ4n) is 2.63. The molecule has 0 N–H and O–H groups in total. The number of carboxylic acids is 1. The van der Waals surface area contributed by atoms with Crippen molar-refractivity contribution in [2.45, 2.75) is 32.3 Å². The van der Waals surface area contributed by atoms with Crippen LogP contribution < -0.4 is 5.11 Å². The number of likely N-dealkylation sites (tertiary alicyclic amines) is 1. The van der Waals surface area contributed by atoms with Gasteiger partial charge in [-0.3, -0.25) is 0 Å². The van der Waals surface area contributed by atoms with Crippen LogP contribution in [0.15, 0.2) is 18.2 Å². The van der Waals surface area contributed by atoms with Gasteiger partial charge in [-0.15, -0.1) is 0 Å². The van der Waals surface area contributed by atoms with Crippen LogP contribution in [0.4, 0.5) is 4.79 Å². The van der Waals surface area contributed by atoms with Crippen LogP contribution in [-0.2, 0) is 9.53 Å². The molecule has 1 aliphatic heterocycles. The Morgan fingerprint density at radius 2 is 1.91 bits per heavy atom. The monoisotopic (exact) mass is 358 g/mol. The van der Waals surface area contributed by atoms with Gasteiger partial charge >= 0.3 is 6.09 Å². The second kappa shape index (κ2) is 6.57. The highest BCUT2D eigenvalue weighted by Gasteiger charge is 2.39. The molecule has 1 aromatic carbocycles. The third kappa shape index (κ3) is 4.30. The summed E-state index contributed by atoms with van der Waals surface area (Å²) in [5.41, 5.74) is -0.0562. The van der Waals surface area contributed by atoms with E-state index in [0.29, 0.717) is 15.6 Å². The lowest BCUT2D eigenvalue weighted by Crippen LogP contribution is -2.38. The lowest BCUT2D eigenvalue weighted by atomic mass is 9.89. The standard InChI is InChI=1S/C16H19Cl2NO4/c1-16(2,3)23-15(22)19-7-11(12(8-19)14(20)21)10-6-9(17)4-5-13(10)18/h4-6,11-12H,7-8H2,1-3H3,(H,20,21)/p-1/t11-,12+/m0/s1. The first-order valence-corrected chi connectivity index (χ1v) is 7.98. The molecule has 0 aliphatic carbocycles. The summed E-state index contributed by atoms with van der Waals surface area (Å²) in [6.07, 6.45) is -0.551. The van der Waals surface area contributed by atoms with Crippen molar-refractivity contribution in [3.63, 3.8) is 0 Å². The molecule has 5 nitrogen and oxygen atoms in total. The zero-order valence-electron chi connectivity index (χ0n) is 13.1. The van der Waals surface area contributed by atoms with E-state index in [0.717, 1.165) is 0 Å². The summed E-state index contributed by atoms with van der Waals surface area (Å²) < 4.78 is 5.30. The Kier molecular flexibility index (Phi) is 5.11. The van der Waals surface area contributed by atoms with Gasteiger partial charge in [-0.2, -0.15) is 0 Å². The van der Waals surface area contributed by atoms with E-state index in [1.54, 1.807) is 39.0 Å². The van der Waals surface area contributed by atoms with Crippen molar-refractivity contribution >= 4 is 35.3 Å². The average Bonchev–Trinajstić information content (AvgIpc) is 2.85. The molecule has 0 radical (unpaired) electrons. The lowest BCUT2D eigenvalue weighted by molar-refractivity contribution is -0.311. The van der Waals surface area contributed by atoms with Crippen LogP contribution in [0.1, 0.15) is 32.3 Å². The summed E-state index contributed by atoms with van der Waals surface area (Å²) >= 11 is 12.2. The van der Waals surface area contributed by atoms with E-state index in [2.05, 4.69) is 0 Å². The normalized spacial score (nSPS) is 21.3. The predicted molar refractivity (Wildman–Crippen MR) is 85.5 cm³/mol. The van der Waals surface area contributed by atoms with Crippen LogP contribution in [0.25, 0.3) is 0 Å². The third-order valence-electron chi connectivity index (χ3n) is 3.63. The van der Waals surface area contributed by atoms with Crippen LogP contribution in [-0.4, -0.2) is 35.7 Å². The van der Waals surface area contributed by atoms with Gasteiger partial charge in [0.25, 0.3) is 0 Å². The highest BCUT2D eigenvalue weighted by molar-refractivity contribution is 6.33. The smallest absolute Gasteiger partial charge is 0.410 e. The van der Waals surface area contributed by atoms with Gasteiger partial charge in [-0.1, -0.05) is 23.2 Å². The van der Waals surface area contributed by atoms with E-state index < -0.39 is 29.5 Å². The molecule has 7 heteroatoms. The van der Waals surface area contributed by atoms with Gasteiger partial charge in [-0.05, 0) is 44.5 Å². The third-order valence-corrected chi connectivity index (χ3v) is 4.21. The maximum Gasteiger partial charge on any atom is 0.410 e. The number of carboxylic acid groups (broad SMARTS) is 1. The zero-order valence-corrected chi connectivity index (χ0v) is 14.6. The Bertz CT molecular complexity index is 627. The van der Waals surface area contributed by atoms with Crippen molar-refractivity contribution < 1.29 is 19.4 Å². The van der Waals surface area contributed by atoms with E-state index in [1.807, 2.05) is 0 Å². The molecule has 0 saturated carbocycles. The van der Waals surface area contributed by atoms with Crippen molar-refractivity contribution in [1.82, 2.24) is 4.90 Å². The van der Waals surface area contributed by atoms with E-state index in [9.17, 15) is 14.7 Å². The average molecular weight is 359 g/mol. The van der Waals surface area contributed by atoms with E-state index in [-0.39, 0.29) is 13.1 Å². The molecule has 0 aromatic heterocycles. The summed E-state index contributed by atoms with van der Waals surface area (Å²) in [5.74, 6) is -2.57. The molecule has 23 heavy (non-hydrogen) atoms. The number of hydrogen-bond donors (Lipinski definition) is 0. The van der Waals surface area contributed by atoms with Crippen LogP contribution in [0.5, 0.6) is 0 Å². The van der Waals surface area contributed by atoms with E-state index in [1.165, 1.54) is 4.90 Å². The molecule has 1 saturated heterocycles. The van der Waals surface area contributed by atoms with Gasteiger partial charge < -0.3 is 19.5 Å². The lowest BCUT2D eigenvalue weighted by Gasteiger charge is -2.24. The Morgan fingerprint density at radius 1 is 1.26 bits per heavy atom. The molecule has 2 rings (SSSR count). The number of benzene rings is 1. The van der Waals surface area contributed by atoms with Crippen LogP contribution in [0.3, 0.4) is 0 Å². The summed E-state index contributed by atoms with van der Waals surface area (Å²) in [4.78, 5) is 25.0. The quantitative estimate of drug-likeness (QED) is 0.814. The number of ether oxygens (including phenoxy) is 1. The highest BCUT2D eigenvalue weighted by Crippen LogP contribution is 2.37. The first-order chi connectivity index (χ1) is 10.6. The fraction of sp³-hybridized carbons (Fsp3) is 0.500. The number of hydrogen-bond acceptors (Lipinski definition) is 4. The van der Waals surface area contributed by atoms with Gasteiger partial charge in [0.15, 0.2) is 0 Å². The highest BCUT2D eigenvalue weighted by atomic mass is 35.5. The van der Waals surface area contributed by atoms with Gasteiger partial charge in [-0.25, -0.2) is 4.79 Å². The van der Waals surface area contributed by atoms with Crippen molar-refractivity contribution in [2.24, 2.45) is 5.92 Å². The van der Waals surface area contributed by atoms with E-state index >= 15 is 0 Å². The minimum absolute atomic E-state index is 0.0186. The Labute approximate surface area is 145 Å². The van der Waals surface area contributed by atoms with Gasteiger partial charge in [0.1, 0.15) is 5.60 Å². The van der Waals surface area contributed by atoms with E-state index in [4.69, 9.17) is 27.9 Å². The molecule has 0 spiro atoms. The molecule has 1 aromatic rings. The molecule has 1 fully saturated rings. The summed E-state index contributed by atoms with van der Waals surface area (Å²) in [5, 5.41) is 12.3. The fourth-order valence-corrected chi connectivity index (χ4v) is 3.07. The Hall–Kier alpha value is -1.46. The number of amides is 1. The zero-order chi connectivity index (χ0) is 17.4. The second-order valence-corrected chi connectivity index (χ2v) is 7.43. The summed E-state index contributed by atoms with van der Waals surface area (Å²) in [6.45, 7) is 5.46. The maximum absolute atomic E-state index is 12.2. The SMILES string of the molecule is CC(C)(C)OC(=O)N1C[C@@H](C(=O)[O-])[C@H](c2cc(Cl)ccc2Cl)C1. The molecule has 1 heterocycles. The Morgan fingerprint density at radius 3 is 2.48 bits per heavy atom. The molecule has 126 valence electrons. The van der Waals surface area contributed by atoms with Gasteiger partial charge in [0, 0.05) is 40.9 Å². The van der Waals surface area contributed by atoms with Crippen molar-refractivity contribution in [1.29, 1.82) is 0 Å². The topological polar surface area (TPSA) is 69.7 Å². The molecular formula is C16H18Cl2NO4-. The number of rotatable bonds is 2. The van der Waals surface area contributed by atoms with Crippen molar-refractivity contribution in [3.05, 3.63) is 33.8 Å². The molecule has 0 bridgehead atoms. The minimum Gasteiger partial charge on any atom is -0.550 e. The molecule has 1 aliphatic rings. The van der Waals surface area contributed by atoms with Gasteiger partial charge in [0.05, 0.1) is 0 Å². The molecule has 2 atom stereocenters. The number of carbonyl (C=O) groups excluding carboxylic acids is 2. The van der Waals surface area contributed by atoms with Crippen LogP contribution in [0.2, 0.25) is 10.0 Å². The molecular weight excluding hydrogens is 341 g/mol. The summed E-state index contributed by atoms with van der Waals surface area (Å²) in [6, 6.07) is 4.87. The second-order valence-electron chi connectivity index (χ2n) is 6.58. The van der Waals surface area contributed by atoms with Crippen LogP contribution >= 0.6 is 23.2 Å². The minimum atomic E-state index is -1.22. The molecule has 0 unspecified atom stereocenters. The first-order valence-electron chi connectivity index (χ1n) is 7.22. The predicted octanol–water partition coefficient (Wildman–Crippen LogP) is 2.69.